The van der Waals surface area contributed by atoms with E-state index in [4.69, 9.17) is 10.5 Å². The van der Waals surface area contributed by atoms with E-state index < -0.39 is 12.6 Å². The lowest BCUT2D eigenvalue weighted by molar-refractivity contribution is -0.138. The summed E-state index contributed by atoms with van der Waals surface area (Å²) < 4.78 is 40.1. The Balaban J connectivity index is 3.30. The molecule has 0 aromatic heterocycles. The molecule has 0 aliphatic rings. The van der Waals surface area contributed by atoms with Crippen LogP contribution >= 0.6 is 0 Å². The third-order valence-electron chi connectivity index (χ3n) is 1.92. The molecule has 0 aliphatic carbocycles. The van der Waals surface area contributed by atoms with Crippen LogP contribution < -0.4 is 5.73 Å². The standard InChI is InChI=1S/C9H18F3NO/c1-7(2)8(13)6-14-5-3-4-9(10,11)12/h7-8H,3-6,13H2,1-2H3. The Morgan fingerprint density at radius 3 is 2.29 bits per heavy atom. The van der Waals surface area contributed by atoms with E-state index in [0.717, 1.165) is 0 Å². The summed E-state index contributed by atoms with van der Waals surface area (Å²) in [6, 6.07) is -0.0964. The van der Waals surface area contributed by atoms with Gasteiger partial charge in [-0.2, -0.15) is 13.2 Å². The molecule has 0 aromatic rings. The Hall–Kier alpha value is -0.290. The summed E-state index contributed by atoms with van der Waals surface area (Å²) in [5.74, 6) is 0.289. The molecular weight excluding hydrogens is 195 g/mol. The van der Waals surface area contributed by atoms with Crippen LogP contribution in [0, 0.1) is 5.92 Å². The summed E-state index contributed by atoms with van der Waals surface area (Å²) in [6.45, 7) is 4.35. The Morgan fingerprint density at radius 2 is 1.86 bits per heavy atom. The quantitative estimate of drug-likeness (QED) is 0.687. The molecule has 0 heterocycles. The fourth-order valence-corrected chi connectivity index (χ4v) is 0.787. The SMILES string of the molecule is CC(C)C(N)COCCCC(F)(F)F. The van der Waals surface area contributed by atoms with Gasteiger partial charge in [-0.25, -0.2) is 0 Å². The average molecular weight is 213 g/mol. The molecular formula is C9H18F3NO. The number of alkyl halides is 3. The molecule has 0 aliphatic heterocycles. The van der Waals surface area contributed by atoms with Crippen LogP contribution in [0.5, 0.6) is 0 Å². The maximum Gasteiger partial charge on any atom is 0.389 e. The van der Waals surface area contributed by atoms with Crippen molar-refractivity contribution in [3.05, 3.63) is 0 Å². The zero-order valence-corrected chi connectivity index (χ0v) is 8.60. The molecule has 5 heteroatoms. The van der Waals surface area contributed by atoms with E-state index in [2.05, 4.69) is 0 Å². The topological polar surface area (TPSA) is 35.2 Å². The zero-order valence-electron chi connectivity index (χ0n) is 8.60. The molecule has 86 valence electrons. The lowest BCUT2D eigenvalue weighted by Gasteiger charge is -2.15. The highest BCUT2D eigenvalue weighted by Gasteiger charge is 2.25. The minimum absolute atomic E-state index is 0.00825. The third-order valence-corrected chi connectivity index (χ3v) is 1.92. The van der Waals surface area contributed by atoms with E-state index in [1.807, 2.05) is 13.8 Å². The Bertz CT molecular complexity index is 147. The van der Waals surface area contributed by atoms with Crippen LogP contribution in [-0.2, 0) is 4.74 Å². The van der Waals surface area contributed by atoms with Crippen molar-refractivity contribution in [2.24, 2.45) is 11.7 Å². The molecule has 2 N–H and O–H groups in total. The van der Waals surface area contributed by atoms with Gasteiger partial charge in [0.05, 0.1) is 6.61 Å². The summed E-state index contributed by atoms with van der Waals surface area (Å²) >= 11 is 0. The molecule has 0 fully saturated rings. The normalized spacial score (nSPS) is 14.8. The van der Waals surface area contributed by atoms with Crippen molar-refractivity contribution >= 4 is 0 Å². The lowest BCUT2D eigenvalue weighted by Crippen LogP contribution is -2.31. The van der Waals surface area contributed by atoms with E-state index in [-0.39, 0.29) is 25.0 Å². The molecule has 1 atom stereocenters. The van der Waals surface area contributed by atoms with Gasteiger partial charge in [0.1, 0.15) is 0 Å². The first kappa shape index (κ1) is 13.7. The van der Waals surface area contributed by atoms with E-state index >= 15 is 0 Å². The van der Waals surface area contributed by atoms with Crippen LogP contribution in [-0.4, -0.2) is 25.4 Å². The molecule has 2 nitrogen and oxygen atoms in total. The van der Waals surface area contributed by atoms with Crippen LogP contribution in [0.2, 0.25) is 0 Å². The van der Waals surface area contributed by atoms with Crippen molar-refractivity contribution in [1.29, 1.82) is 0 Å². The van der Waals surface area contributed by atoms with Crippen molar-refractivity contribution in [3.63, 3.8) is 0 Å². The predicted octanol–water partition coefficient (Wildman–Crippen LogP) is 2.33. The largest absolute Gasteiger partial charge is 0.389 e. The van der Waals surface area contributed by atoms with Gasteiger partial charge in [0.2, 0.25) is 0 Å². The van der Waals surface area contributed by atoms with Gasteiger partial charge < -0.3 is 10.5 Å². The first-order valence-electron chi connectivity index (χ1n) is 4.73. The van der Waals surface area contributed by atoms with Gasteiger partial charge in [-0.05, 0) is 12.3 Å². The van der Waals surface area contributed by atoms with Crippen LogP contribution in [0.4, 0.5) is 13.2 Å². The predicted molar refractivity (Wildman–Crippen MR) is 48.9 cm³/mol. The van der Waals surface area contributed by atoms with Crippen molar-refractivity contribution in [2.45, 2.75) is 38.9 Å². The van der Waals surface area contributed by atoms with Gasteiger partial charge in [-0.15, -0.1) is 0 Å². The smallest absolute Gasteiger partial charge is 0.380 e. The number of hydrogen-bond donors (Lipinski definition) is 1. The Labute approximate surface area is 82.6 Å². The first-order valence-corrected chi connectivity index (χ1v) is 4.73. The minimum Gasteiger partial charge on any atom is -0.380 e. The van der Waals surface area contributed by atoms with Crippen molar-refractivity contribution < 1.29 is 17.9 Å². The molecule has 0 amide bonds. The first-order chi connectivity index (χ1) is 6.33. The van der Waals surface area contributed by atoms with Crippen LogP contribution in [0.25, 0.3) is 0 Å². The molecule has 1 unspecified atom stereocenters. The fraction of sp³-hybridized carbons (Fsp3) is 1.00. The second-order valence-electron chi connectivity index (χ2n) is 3.70. The molecule has 0 radical (unpaired) electrons. The van der Waals surface area contributed by atoms with Gasteiger partial charge in [0, 0.05) is 19.1 Å². The van der Waals surface area contributed by atoms with Crippen LogP contribution in [0.3, 0.4) is 0 Å². The van der Waals surface area contributed by atoms with Gasteiger partial charge >= 0.3 is 6.18 Å². The highest BCUT2D eigenvalue weighted by atomic mass is 19.4. The van der Waals surface area contributed by atoms with E-state index in [0.29, 0.717) is 6.61 Å². The third kappa shape index (κ3) is 8.31. The van der Waals surface area contributed by atoms with Crippen molar-refractivity contribution in [2.75, 3.05) is 13.2 Å². The molecule has 0 aromatic carbocycles. The van der Waals surface area contributed by atoms with Crippen LogP contribution in [0.15, 0.2) is 0 Å². The summed E-state index contributed by atoms with van der Waals surface area (Å²) in [6.07, 6.45) is -4.86. The Morgan fingerprint density at radius 1 is 1.29 bits per heavy atom. The second kappa shape index (κ2) is 6.24. The monoisotopic (exact) mass is 213 g/mol. The van der Waals surface area contributed by atoms with Gasteiger partial charge in [0.25, 0.3) is 0 Å². The summed E-state index contributed by atoms with van der Waals surface area (Å²) in [5.41, 5.74) is 5.64. The maximum absolute atomic E-state index is 11.7. The molecule has 0 saturated heterocycles. The number of halogens is 3. The number of ether oxygens (including phenoxy) is 1. The summed E-state index contributed by atoms with van der Waals surface area (Å²) in [5, 5.41) is 0. The van der Waals surface area contributed by atoms with Crippen molar-refractivity contribution in [1.82, 2.24) is 0 Å². The average Bonchev–Trinajstić information content (AvgIpc) is 2.01. The highest BCUT2D eigenvalue weighted by Crippen LogP contribution is 2.20. The second-order valence-corrected chi connectivity index (χ2v) is 3.70. The lowest BCUT2D eigenvalue weighted by atomic mass is 10.1. The van der Waals surface area contributed by atoms with E-state index in [1.54, 1.807) is 0 Å². The minimum atomic E-state index is -4.08. The summed E-state index contributed by atoms with van der Waals surface area (Å²) in [4.78, 5) is 0. The molecule has 0 saturated carbocycles. The molecule has 0 rings (SSSR count). The number of rotatable bonds is 6. The zero-order chi connectivity index (χ0) is 11.2. The van der Waals surface area contributed by atoms with Crippen LogP contribution in [0.1, 0.15) is 26.7 Å². The van der Waals surface area contributed by atoms with Gasteiger partial charge in [0.15, 0.2) is 0 Å². The number of nitrogens with two attached hydrogens (primary N) is 1. The van der Waals surface area contributed by atoms with E-state index in [1.165, 1.54) is 0 Å². The molecule has 0 spiro atoms. The summed E-state index contributed by atoms with van der Waals surface area (Å²) in [7, 11) is 0. The highest BCUT2D eigenvalue weighted by molar-refractivity contribution is 4.63. The van der Waals surface area contributed by atoms with Gasteiger partial charge in [-0.3, -0.25) is 0 Å². The maximum atomic E-state index is 11.7. The Kier molecular flexibility index (Phi) is 6.11. The van der Waals surface area contributed by atoms with Gasteiger partial charge in [-0.1, -0.05) is 13.8 Å². The van der Waals surface area contributed by atoms with Crippen molar-refractivity contribution in [3.8, 4) is 0 Å². The molecule has 0 bridgehead atoms. The van der Waals surface area contributed by atoms with E-state index in [9.17, 15) is 13.2 Å². The fourth-order valence-electron chi connectivity index (χ4n) is 0.787. The molecule has 14 heavy (non-hydrogen) atoms. The number of hydrogen-bond acceptors (Lipinski definition) is 2.